The van der Waals surface area contributed by atoms with Crippen molar-refractivity contribution < 1.29 is 13.6 Å². The SMILES string of the molecule is O=Cc1cncc(-c2c(F)ccc(Cl)c2F)n1. The van der Waals surface area contributed by atoms with Gasteiger partial charge in [-0.1, -0.05) is 11.6 Å². The van der Waals surface area contributed by atoms with Gasteiger partial charge in [0.15, 0.2) is 12.1 Å². The molecule has 17 heavy (non-hydrogen) atoms. The maximum absolute atomic E-state index is 13.7. The third-order valence-electron chi connectivity index (χ3n) is 2.07. The number of halogens is 3. The van der Waals surface area contributed by atoms with E-state index < -0.39 is 17.2 Å². The molecule has 2 rings (SSSR count). The van der Waals surface area contributed by atoms with Crippen molar-refractivity contribution in [3.8, 4) is 11.3 Å². The van der Waals surface area contributed by atoms with Crippen molar-refractivity contribution in [3.05, 3.63) is 46.9 Å². The zero-order chi connectivity index (χ0) is 12.4. The number of benzene rings is 1. The molecule has 0 spiro atoms. The molecule has 0 aliphatic heterocycles. The van der Waals surface area contributed by atoms with Gasteiger partial charge in [-0.2, -0.15) is 0 Å². The summed E-state index contributed by atoms with van der Waals surface area (Å²) in [6.45, 7) is 0. The third kappa shape index (κ3) is 2.14. The molecule has 0 atom stereocenters. The van der Waals surface area contributed by atoms with E-state index in [1.807, 2.05) is 0 Å². The van der Waals surface area contributed by atoms with Crippen LogP contribution in [-0.2, 0) is 0 Å². The van der Waals surface area contributed by atoms with Gasteiger partial charge in [-0.15, -0.1) is 0 Å². The zero-order valence-electron chi connectivity index (χ0n) is 8.32. The summed E-state index contributed by atoms with van der Waals surface area (Å²) >= 11 is 5.55. The van der Waals surface area contributed by atoms with Crippen LogP contribution in [-0.4, -0.2) is 16.3 Å². The third-order valence-corrected chi connectivity index (χ3v) is 2.37. The summed E-state index contributed by atoms with van der Waals surface area (Å²) < 4.78 is 27.2. The Labute approximate surface area is 100 Å². The summed E-state index contributed by atoms with van der Waals surface area (Å²) in [7, 11) is 0. The van der Waals surface area contributed by atoms with Gasteiger partial charge in [-0.05, 0) is 12.1 Å². The number of carbonyl (C=O) groups excluding carboxylic acids is 1. The van der Waals surface area contributed by atoms with Crippen LogP contribution in [0.2, 0.25) is 5.02 Å². The number of hydrogen-bond donors (Lipinski definition) is 0. The van der Waals surface area contributed by atoms with Crippen molar-refractivity contribution in [2.24, 2.45) is 0 Å². The van der Waals surface area contributed by atoms with Crippen molar-refractivity contribution >= 4 is 17.9 Å². The Kier molecular flexibility index (Phi) is 3.10. The fourth-order valence-corrected chi connectivity index (χ4v) is 1.48. The van der Waals surface area contributed by atoms with Crippen LogP contribution >= 0.6 is 11.6 Å². The summed E-state index contributed by atoms with van der Waals surface area (Å²) in [5.41, 5.74) is -0.484. The standard InChI is InChI=1S/C11H5ClF2N2O/c12-7-1-2-8(13)10(11(7)14)9-4-15-3-6(5-17)16-9/h1-5H. The van der Waals surface area contributed by atoms with E-state index in [1.54, 1.807) is 0 Å². The molecule has 0 saturated carbocycles. The quantitative estimate of drug-likeness (QED) is 0.611. The number of carbonyl (C=O) groups is 1. The Bertz CT molecular complexity index is 590. The molecule has 0 N–H and O–H groups in total. The van der Waals surface area contributed by atoms with E-state index in [4.69, 9.17) is 11.6 Å². The van der Waals surface area contributed by atoms with E-state index in [-0.39, 0.29) is 16.4 Å². The smallest absolute Gasteiger partial charge is 0.170 e. The average Bonchev–Trinajstić information content (AvgIpc) is 2.35. The molecule has 1 aromatic heterocycles. The number of aromatic nitrogens is 2. The second-order valence-electron chi connectivity index (χ2n) is 3.17. The van der Waals surface area contributed by atoms with Crippen LogP contribution in [0.1, 0.15) is 10.5 Å². The molecule has 3 nitrogen and oxygen atoms in total. The highest BCUT2D eigenvalue weighted by atomic mass is 35.5. The molecule has 0 bridgehead atoms. The lowest BCUT2D eigenvalue weighted by Crippen LogP contribution is -1.97. The van der Waals surface area contributed by atoms with Gasteiger partial charge in [-0.3, -0.25) is 9.78 Å². The highest BCUT2D eigenvalue weighted by Gasteiger charge is 2.16. The van der Waals surface area contributed by atoms with Gasteiger partial charge in [-0.25, -0.2) is 13.8 Å². The van der Waals surface area contributed by atoms with E-state index in [1.165, 1.54) is 6.20 Å². The highest BCUT2D eigenvalue weighted by Crippen LogP contribution is 2.28. The normalized spacial score (nSPS) is 10.3. The van der Waals surface area contributed by atoms with Gasteiger partial charge in [0.2, 0.25) is 0 Å². The summed E-state index contributed by atoms with van der Waals surface area (Å²) in [5.74, 6) is -1.74. The molecule has 0 saturated heterocycles. The van der Waals surface area contributed by atoms with Crippen molar-refractivity contribution in [2.75, 3.05) is 0 Å². The lowest BCUT2D eigenvalue weighted by atomic mass is 10.1. The molecule has 0 radical (unpaired) electrons. The van der Waals surface area contributed by atoms with Gasteiger partial charge < -0.3 is 0 Å². The Morgan fingerprint density at radius 1 is 1.24 bits per heavy atom. The summed E-state index contributed by atoms with van der Waals surface area (Å²) in [5, 5.41) is -0.222. The number of nitrogens with zero attached hydrogens (tertiary/aromatic N) is 2. The first kappa shape index (κ1) is 11.6. The van der Waals surface area contributed by atoms with Crippen LogP contribution in [0.15, 0.2) is 24.5 Å². The first-order valence-electron chi connectivity index (χ1n) is 4.54. The lowest BCUT2D eigenvalue weighted by Gasteiger charge is -2.05. The fourth-order valence-electron chi connectivity index (χ4n) is 1.32. The molecule has 2 aromatic rings. The van der Waals surface area contributed by atoms with Crippen LogP contribution in [0.4, 0.5) is 8.78 Å². The molecule has 1 heterocycles. The first-order chi connectivity index (χ1) is 8.13. The Morgan fingerprint density at radius 2 is 2.00 bits per heavy atom. The number of rotatable bonds is 2. The van der Waals surface area contributed by atoms with Crippen LogP contribution in [0.5, 0.6) is 0 Å². The lowest BCUT2D eigenvalue weighted by molar-refractivity contribution is 0.111. The molecule has 0 unspecified atom stereocenters. The Morgan fingerprint density at radius 3 is 2.71 bits per heavy atom. The molecule has 86 valence electrons. The highest BCUT2D eigenvalue weighted by molar-refractivity contribution is 6.31. The molecular formula is C11H5ClF2N2O. The summed E-state index contributed by atoms with van der Waals surface area (Å²) in [6.07, 6.45) is 2.79. The van der Waals surface area contributed by atoms with Crippen molar-refractivity contribution in [3.63, 3.8) is 0 Å². The largest absolute Gasteiger partial charge is 0.296 e. The monoisotopic (exact) mass is 254 g/mol. The van der Waals surface area contributed by atoms with Gasteiger partial charge >= 0.3 is 0 Å². The predicted octanol–water partition coefficient (Wildman–Crippen LogP) is 2.89. The van der Waals surface area contributed by atoms with E-state index in [0.29, 0.717) is 6.29 Å². The Hall–Kier alpha value is -1.88. The first-order valence-corrected chi connectivity index (χ1v) is 4.92. The summed E-state index contributed by atoms with van der Waals surface area (Å²) in [4.78, 5) is 17.9. The van der Waals surface area contributed by atoms with E-state index >= 15 is 0 Å². The van der Waals surface area contributed by atoms with Crippen LogP contribution < -0.4 is 0 Å². The van der Waals surface area contributed by atoms with Gasteiger partial charge in [0, 0.05) is 0 Å². The molecule has 0 aliphatic rings. The topological polar surface area (TPSA) is 42.9 Å². The zero-order valence-corrected chi connectivity index (χ0v) is 9.08. The van der Waals surface area contributed by atoms with Gasteiger partial charge in [0.05, 0.1) is 28.7 Å². The van der Waals surface area contributed by atoms with E-state index in [9.17, 15) is 13.6 Å². The maximum Gasteiger partial charge on any atom is 0.170 e. The van der Waals surface area contributed by atoms with Crippen LogP contribution in [0.25, 0.3) is 11.3 Å². The van der Waals surface area contributed by atoms with Crippen LogP contribution in [0, 0.1) is 11.6 Å². The van der Waals surface area contributed by atoms with Crippen LogP contribution in [0.3, 0.4) is 0 Å². The molecule has 1 aromatic carbocycles. The van der Waals surface area contributed by atoms with E-state index in [2.05, 4.69) is 9.97 Å². The minimum absolute atomic E-state index is 0.0127. The molecule has 0 amide bonds. The number of hydrogen-bond acceptors (Lipinski definition) is 3. The molecule has 0 fully saturated rings. The van der Waals surface area contributed by atoms with E-state index in [0.717, 1.165) is 18.3 Å². The summed E-state index contributed by atoms with van der Waals surface area (Å²) in [6, 6.07) is 2.13. The molecular weight excluding hydrogens is 250 g/mol. The van der Waals surface area contributed by atoms with Gasteiger partial charge in [0.1, 0.15) is 11.5 Å². The van der Waals surface area contributed by atoms with Crippen molar-refractivity contribution in [1.82, 2.24) is 9.97 Å². The maximum atomic E-state index is 13.7. The Balaban J connectivity index is 2.67. The van der Waals surface area contributed by atoms with Gasteiger partial charge in [0.25, 0.3) is 0 Å². The van der Waals surface area contributed by atoms with Crippen molar-refractivity contribution in [1.29, 1.82) is 0 Å². The second-order valence-corrected chi connectivity index (χ2v) is 3.57. The van der Waals surface area contributed by atoms with Crippen molar-refractivity contribution in [2.45, 2.75) is 0 Å². The minimum Gasteiger partial charge on any atom is -0.296 e. The second kappa shape index (κ2) is 4.55. The predicted molar refractivity (Wildman–Crippen MR) is 57.8 cm³/mol. The molecule has 6 heteroatoms. The molecule has 0 aliphatic carbocycles. The fraction of sp³-hybridized carbons (Fsp3) is 0. The average molecular weight is 255 g/mol. The minimum atomic E-state index is -0.927. The number of aldehydes is 1.